The van der Waals surface area contributed by atoms with Crippen LogP contribution in [0.25, 0.3) is 10.8 Å². The van der Waals surface area contributed by atoms with Crippen LogP contribution in [0.5, 0.6) is 0 Å². The van der Waals surface area contributed by atoms with Crippen molar-refractivity contribution < 1.29 is 32.7 Å². The van der Waals surface area contributed by atoms with E-state index >= 15 is 0 Å². The van der Waals surface area contributed by atoms with E-state index in [1.54, 1.807) is 48.5 Å². The van der Waals surface area contributed by atoms with Crippen LogP contribution in [-0.4, -0.2) is 28.6 Å². The van der Waals surface area contributed by atoms with Crippen molar-refractivity contribution in [3.63, 3.8) is 0 Å². The number of carboxylic acid groups (broad SMARTS) is 1. The van der Waals surface area contributed by atoms with Crippen LogP contribution in [-0.2, 0) is 11.0 Å². The van der Waals surface area contributed by atoms with Gasteiger partial charge >= 0.3 is 12.1 Å². The lowest BCUT2D eigenvalue weighted by atomic mass is 9.98. The van der Waals surface area contributed by atoms with Gasteiger partial charge in [0.25, 0.3) is 5.91 Å². The maximum absolute atomic E-state index is 13.0. The number of hydrogen-bond acceptors (Lipinski definition) is 4. The lowest BCUT2D eigenvalue weighted by Gasteiger charge is -2.12. The number of carboxylic acids is 1. The smallest absolute Gasteiger partial charge is 0.416 e. The number of aromatic carboxylic acids is 1. The summed E-state index contributed by atoms with van der Waals surface area (Å²) in [6.45, 7) is 0. The summed E-state index contributed by atoms with van der Waals surface area (Å²) < 4.78 is 38.9. The molecule has 4 rings (SSSR count). The zero-order valence-electron chi connectivity index (χ0n) is 19.3. The molecule has 0 aliphatic carbocycles. The van der Waals surface area contributed by atoms with Crippen molar-refractivity contribution in [2.75, 3.05) is 16.4 Å². The Kier molecular flexibility index (Phi) is 7.94. The minimum absolute atomic E-state index is 0.00411. The van der Waals surface area contributed by atoms with Gasteiger partial charge < -0.3 is 15.7 Å². The van der Waals surface area contributed by atoms with Gasteiger partial charge in [-0.1, -0.05) is 41.9 Å². The number of nitrogens with one attached hydrogen (secondary N) is 2. The normalized spacial score (nSPS) is 11.3. The Morgan fingerprint density at radius 2 is 1.55 bits per heavy atom. The lowest BCUT2D eigenvalue weighted by Crippen LogP contribution is -2.15. The molecule has 11 heteroatoms. The van der Waals surface area contributed by atoms with Crippen molar-refractivity contribution in [3.8, 4) is 0 Å². The first-order valence-corrected chi connectivity index (χ1v) is 12.3. The first-order valence-electron chi connectivity index (χ1n) is 11.0. The molecule has 0 spiro atoms. The fraction of sp³-hybridized carbons (Fsp3) is 0.0741. The van der Waals surface area contributed by atoms with E-state index in [0.29, 0.717) is 21.4 Å². The molecule has 6 nitrogen and oxygen atoms in total. The molecular weight excluding hydrogens is 541 g/mol. The topological polar surface area (TPSA) is 95.5 Å². The molecule has 0 aliphatic heterocycles. The third-order valence-corrected chi connectivity index (χ3v) is 6.73. The van der Waals surface area contributed by atoms with Crippen molar-refractivity contribution >= 4 is 63.3 Å². The van der Waals surface area contributed by atoms with Gasteiger partial charge in [-0.15, -0.1) is 11.8 Å². The minimum Gasteiger partial charge on any atom is -0.478 e. The predicted octanol–water partition coefficient (Wildman–Crippen LogP) is 7.19. The molecule has 38 heavy (non-hydrogen) atoms. The van der Waals surface area contributed by atoms with Crippen LogP contribution in [0.15, 0.2) is 83.8 Å². The number of rotatable bonds is 7. The minimum atomic E-state index is -4.58. The Hall–Kier alpha value is -4.02. The molecule has 0 unspecified atom stereocenters. The van der Waals surface area contributed by atoms with Crippen LogP contribution < -0.4 is 10.6 Å². The third-order valence-electron chi connectivity index (χ3n) is 5.41. The molecule has 0 fully saturated rings. The zero-order chi connectivity index (χ0) is 27.4. The number of fused-ring (bicyclic) bond motifs is 1. The number of carbonyl (C=O) groups excluding carboxylic acids is 2. The summed E-state index contributed by atoms with van der Waals surface area (Å²) in [4.78, 5) is 37.7. The van der Waals surface area contributed by atoms with E-state index in [1.165, 1.54) is 12.1 Å². The molecule has 4 aromatic carbocycles. The predicted molar refractivity (Wildman–Crippen MR) is 141 cm³/mol. The summed E-state index contributed by atoms with van der Waals surface area (Å²) in [6, 6.07) is 18.9. The van der Waals surface area contributed by atoms with E-state index in [9.17, 15) is 32.7 Å². The zero-order valence-corrected chi connectivity index (χ0v) is 20.9. The highest BCUT2D eigenvalue weighted by atomic mass is 35.5. The molecule has 4 aromatic rings. The Morgan fingerprint density at radius 1 is 0.868 bits per heavy atom. The SMILES string of the molecule is O=C(CSc1cccc(NC(=O)c2cccc3cccc(C(=O)O)c23)c1)Nc1cc(C(F)(F)F)ccc1Cl. The fourth-order valence-corrected chi connectivity index (χ4v) is 4.62. The molecular formula is C27H18ClF3N2O4S. The molecule has 0 saturated carbocycles. The maximum Gasteiger partial charge on any atom is 0.416 e. The highest BCUT2D eigenvalue weighted by molar-refractivity contribution is 8.00. The number of halogens is 4. The highest BCUT2D eigenvalue weighted by Gasteiger charge is 2.31. The number of benzene rings is 4. The van der Waals surface area contributed by atoms with Crippen molar-refractivity contribution in [2.45, 2.75) is 11.1 Å². The van der Waals surface area contributed by atoms with E-state index in [4.69, 9.17) is 11.6 Å². The van der Waals surface area contributed by atoms with Crippen molar-refractivity contribution in [2.24, 2.45) is 0 Å². The van der Waals surface area contributed by atoms with Crippen LogP contribution >= 0.6 is 23.4 Å². The second kappa shape index (κ2) is 11.2. The summed E-state index contributed by atoms with van der Waals surface area (Å²) in [5.41, 5.74) is -0.481. The molecule has 0 saturated heterocycles. The number of thioether (sulfide) groups is 1. The molecule has 3 N–H and O–H groups in total. The van der Waals surface area contributed by atoms with Gasteiger partial charge in [0.05, 0.1) is 27.6 Å². The van der Waals surface area contributed by atoms with E-state index in [2.05, 4.69) is 10.6 Å². The molecule has 0 bridgehead atoms. The Balaban J connectivity index is 1.45. The van der Waals surface area contributed by atoms with Crippen molar-refractivity contribution in [3.05, 3.63) is 101 Å². The van der Waals surface area contributed by atoms with Gasteiger partial charge in [-0.2, -0.15) is 13.2 Å². The molecule has 194 valence electrons. The summed E-state index contributed by atoms with van der Waals surface area (Å²) >= 11 is 7.03. The van der Waals surface area contributed by atoms with Crippen LogP contribution in [0.1, 0.15) is 26.3 Å². The van der Waals surface area contributed by atoms with Crippen molar-refractivity contribution in [1.82, 2.24) is 0 Å². The maximum atomic E-state index is 13.0. The average molecular weight is 559 g/mol. The van der Waals surface area contributed by atoms with Crippen LogP contribution in [0.3, 0.4) is 0 Å². The molecule has 0 radical (unpaired) electrons. The van der Waals surface area contributed by atoms with Gasteiger partial charge in [0, 0.05) is 21.5 Å². The van der Waals surface area contributed by atoms with Gasteiger partial charge in [0.15, 0.2) is 0 Å². The van der Waals surface area contributed by atoms with Gasteiger partial charge in [0.1, 0.15) is 0 Å². The van der Waals surface area contributed by atoms with Gasteiger partial charge in [-0.05, 0) is 53.9 Å². The quantitative estimate of drug-likeness (QED) is 0.209. The number of alkyl halides is 3. The molecule has 0 heterocycles. The standard InChI is InChI=1S/C27H18ClF3N2O4S/c28-21-11-10-16(27(29,30)31)12-22(21)33-23(34)14-38-18-7-3-6-17(13-18)32-25(35)19-8-1-4-15-5-2-9-20(24(15)19)26(36)37/h1-13H,14H2,(H,32,35)(H,33,34)(H,36,37). The number of carbonyl (C=O) groups is 3. The van der Waals surface area contributed by atoms with Crippen molar-refractivity contribution in [1.29, 1.82) is 0 Å². The second-order valence-electron chi connectivity index (χ2n) is 8.03. The Labute approximate surface area is 223 Å². The summed E-state index contributed by atoms with van der Waals surface area (Å²) in [7, 11) is 0. The number of anilines is 2. The molecule has 0 aliphatic rings. The molecule has 0 aromatic heterocycles. The number of hydrogen-bond donors (Lipinski definition) is 3. The van der Waals surface area contributed by atoms with E-state index in [0.717, 1.165) is 30.0 Å². The van der Waals surface area contributed by atoms with Gasteiger partial charge in [-0.3, -0.25) is 9.59 Å². The Morgan fingerprint density at radius 3 is 2.24 bits per heavy atom. The monoisotopic (exact) mass is 558 g/mol. The summed E-state index contributed by atoms with van der Waals surface area (Å²) in [5.74, 6) is -2.36. The number of amides is 2. The Bertz CT molecular complexity index is 1550. The highest BCUT2D eigenvalue weighted by Crippen LogP contribution is 2.34. The van der Waals surface area contributed by atoms with Crippen LogP contribution in [0, 0.1) is 0 Å². The fourth-order valence-electron chi connectivity index (χ4n) is 3.70. The average Bonchev–Trinajstić information content (AvgIpc) is 2.87. The van der Waals surface area contributed by atoms with E-state index < -0.39 is 29.5 Å². The second-order valence-corrected chi connectivity index (χ2v) is 9.48. The third kappa shape index (κ3) is 6.27. The first-order chi connectivity index (χ1) is 18.0. The van der Waals surface area contributed by atoms with Crippen LogP contribution in [0.2, 0.25) is 5.02 Å². The van der Waals surface area contributed by atoms with Gasteiger partial charge in [0.2, 0.25) is 5.91 Å². The summed E-state index contributed by atoms with van der Waals surface area (Å²) in [6.07, 6.45) is -4.58. The molecule has 2 amide bonds. The first kappa shape index (κ1) is 27.0. The van der Waals surface area contributed by atoms with E-state index in [1.807, 2.05) is 0 Å². The summed E-state index contributed by atoms with van der Waals surface area (Å²) in [5, 5.41) is 15.6. The largest absolute Gasteiger partial charge is 0.478 e. The molecule has 0 atom stereocenters. The lowest BCUT2D eigenvalue weighted by molar-refractivity contribution is -0.137. The van der Waals surface area contributed by atoms with E-state index in [-0.39, 0.29) is 27.6 Å². The van der Waals surface area contributed by atoms with Gasteiger partial charge in [-0.25, -0.2) is 4.79 Å². The van der Waals surface area contributed by atoms with Crippen LogP contribution in [0.4, 0.5) is 24.5 Å².